The lowest BCUT2D eigenvalue weighted by molar-refractivity contribution is -0.124. The maximum absolute atomic E-state index is 12.8. The summed E-state index contributed by atoms with van der Waals surface area (Å²) in [6, 6.07) is 11.4. The van der Waals surface area contributed by atoms with Gasteiger partial charge in [0.2, 0.25) is 5.91 Å². The number of imide groups is 1. The summed E-state index contributed by atoms with van der Waals surface area (Å²) in [6.45, 7) is 5.52. The number of carbonyl (C=O) groups is 3. The van der Waals surface area contributed by atoms with Gasteiger partial charge in [-0.05, 0) is 45.0 Å². The molecule has 4 rings (SSSR count). The monoisotopic (exact) mass is 470 g/mol. The van der Waals surface area contributed by atoms with Gasteiger partial charge in [0.25, 0.3) is 11.8 Å². The Bertz CT molecular complexity index is 1210. The van der Waals surface area contributed by atoms with Crippen LogP contribution in [0, 0.1) is 13.8 Å². The molecule has 0 unspecified atom stereocenters. The Kier molecular flexibility index (Phi) is 5.79. The zero-order valence-corrected chi connectivity index (χ0v) is 19.2. The number of benzene rings is 2. The predicted octanol–water partition coefficient (Wildman–Crippen LogP) is 4.10. The minimum Gasteiger partial charge on any atom is -0.350 e. The third-order valence-electron chi connectivity index (χ3n) is 5.61. The number of hydrogen-bond donors (Lipinski definition) is 1. The lowest BCUT2D eigenvalue weighted by Crippen LogP contribution is -2.47. The number of amides is 3. The molecule has 3 aromatic rings. The van der Waals surface area contributed by atoms with Gasteiger partial charge in [-0.1, -0.05) is 41.4 Å². The Labute approximate surface area is 194 Å². The van der Waals surface area contributed by atoms with Gasteiger partial charge < -0.3 is 5.32 Å². The van der Waals surface area contributed by atoms with E-state index in [-0.39, 0.29) is 27.7 Å². The molecule has 3 amide bonds. The zero-order valence-electron chi connectivity index (χ0n) is 17.6. The van der Waals surface area contributed by atoms with E-state index >= 15 is 0 Å². The number of aromatic nitrogens is 2. The second-order valence-electron chi connectivity index (χ2n) is 7.58. The number of hydrogen-bond acceptors (Lipinski definition) is 4. The standard InChI is InChI=1S/C23H20Cl2N4O3/c1-12-18(13(2)29(27-12)15-7-5-4-6-8-15)11-26-21(30)14(3)28-22(31)16-9-19(24)20(25)10-17(16)23(28)32/h4-10,14H,11H2,1-3H3,(H,26,30)/t14-/m0/s1. The Morgan fingerprint density at radius 3 is 2.16 bits per heavy atom. The highest BCUT2D eigenvalue weighted by molar-refractivity contribution is 6.43. The number of carbonyl (C=O) groups excluding carboxylic acids is 3. The van der Waals surface area contributed by atoms with Crippen LogP contribution in [-0.2, 0) is 11.3 Å². The smallest absolute Gasteiger partial charge is 0.262 e. The molecule has 1 aliphatic heterocycles. The number of nitrogens with one attached hydrogen (secondary N) is 1. The number of halogens is 2. The largest absolute Gasteiger partial charge is 0.350 e. The van der Waals surface area contributed by atoms with E-state index in [1.54, 1.807) is 0 Å². The number of fused-ring (bicyclic) bond motifs is 1. The second kappa shape index (κ2) is 8.41. The van der Waals surface area contributed by atoms with Gasteiger partial charge in [-0.15, -0.1) is 0 Å². The maximum atomic E-state index is 12.8. The highest BCUT2D eigenvalue weighted by atomic mass is 35.5. The molecule has 2 aromatic carbocycles. The number of nitrogens with zero attached hydrogens (tertiary/aromatic N) is 3. The summed E-state index contributed by atoms with van der Waals surface area (Å²) in [7, 11) is 0. The van der Waals surface area contributed by atoms with Crippen molar-refractivity contribution in [1.82, 2.24) is 20.0 Å². The lowest BCUT2D eigenvalue weighted by Gasteiger charge is -2.21. The quantitative estimate of drug-likeness (QED) is 0.568. The van der Waals surface area contributed by atoms with Gasteiger partial charge in [0, 0.05) is 17.8 Å². The molecule has 0 radical (unpaired) electrons. The van der Waals surface area contributed by atoms with Crippen LogP contribution in [0.3, 0.4) is 0 Å². The van der Waals surface area contributed by atoms with Gasteiger partial charge in [-0.25, -0.2) is 4.68 Å². The predicted molar refractivity (Wildman–Crippen MR) is 121 cm³/mol. The minimum absolute atomic E-state index is 0.139. The maximum Gasteiger partial charge on any atom is 0.262 e. The number of aryl methyl sites for hydroxylation is 1. The van der Waals surface area contributed by atoms with Crippen LogP contribution < -0.4 is 5.32 Å². The van der Waals surface area contributed by atoms with Crippen LogP contribution in [0.25, 0.3) is 5.69 Å². The fraction of sp³-hybridized carbons (Fsp3) is 0.217. The minimum atomic E-state index is -1.01. The van der Waals surface area contributed by atoms with Crippen molar-refractivity contribution in [2.24, 2.45) is 0 Å². The molecule has 0 spiro atoms. The Morgan fingerprint density at radius 2 is 1.59 bits per heavy atom. The first kappa shape index (κ1) is 22.0. The molecular weight excluding hydrogens is 451 g/mol. The van der Waals surface area contributed by atoms with E-state index in [9.17, 15) is 14.4 Å². The topological polar surface area (TPSA) is 84.3 Å². The van der Waals surface area contributed by atoms with Crippen molar-refractivity contribution < 1.29 is 14.4 Å². The van der Waals surface area contributed by atoms with E-state index in [0.29, 0.717) is 0 Å². The summed E-state index contributed by atoms with van der Waals surface area (Å²) >= 11 is 12.0. The average molecular weight is 471 g/mol. The Balaban J connectivity index is 1.50. The zero-order chi connectivity index (χ0) is 23.2. The van der Waals surface area contributed by atoms with Gasteiger partial charge in [-0.3, -0.25) is 19.3 Å². The van der Waals surface area contributed by atoms with Crippen molar-refractivity contribution in [2.75, 3.05) is 0 Å². The van der Waals surface area contributed by atoms with Crippen LogP contribution in [0.2, 0.25) is 10.0 Å². The lowest BCUT2D eigenvalue weighted by atomic mass is 10.1. The van der Waals surface area contributed by atoms with E-state index in [0.717, 1.165) is 27.5 Å². The summed E-state index contributed by atoms with van der Waals surface area (Å²) < 4.78 is 1.82. The number of para-hydroxylation sites is 1. The van der Waals surface area contributed by atoms with Crippen molar-refractivity contribution in [3.63, 3.8) is 0 Å². The summed E-state index contributed by atoms with van der Waals surface area (Å²) in [6.07, 6.45) is 0. The molecule has 0 bridgehead atoms. The first-order chi connectivity index (χ1) is 15.2. The molecule has 1 aliphatic rings. The molecule has 9 heteroatoms. The van der Waals surface area contributed by atoms with Crippen LogP contribution in [0.15, 0.2) is 42.5 Å². The first-order valence-corrected chi connectivity index (χ1v) is 10.7. The van der Waals surface area contributed by atoms with E-state index < -0.39 is 23.8 Å². The third kappa shape index (κ3) is 3.67. The second-order valence-corrected chi connectivity index (χ2v) is 8.40. The third-order valence-corrected chi connectivity index (χ3v) is 6.33. The van der Waals surface area contributed by atoms with Crippen molar-refractivity contribution in [2.45, 2.75) is 33.4 Å². The Morgan fingerprint density at radius 1 is 1.03 bits per heavy atom. The molecule has 0 aliphatic carbocycles. The normalized spacial score (nSPS) is 14.0. The van der Waals surface area contributed by atoms with Gasteiger partial charge in [0.15, 0.2) is 0 Å². The summed E-state index contributed by atoms with van der Waals surface area (Å²) in [4.78, 5) is 39.3. The molecule has 2 heterocycles. The fourth-order valence-electron chi connectivity index (χ4n) is 3.80. The SMILES string of the molecule is Cc1nn(-c2ccccc2)c(C)c1CNC(=O)[C@H](C)N1C(=O)c2cc(Cl)c(Cl)cc2C1=O. The van der Waals surface area contributed by atoms with Gasteiger partial charge >= 0.3 is 0 Å². The van der Waals surface area contributed by atoms with Crippen LogP contribution in [0.1, 0.15) is 44.6 Å². The summed E-state index contributed by atoms with van der Waals surface area (Å²) in [5.74, 6) is -1.60. The molecule has 164 valence electrons. The molecule has 32 heavy (non-hydrogen) atoms. The first-order valence-electron chi connectivity index (χ1n) is 9.96. The van der Waals surface area contributed by atoms with Gasteiger partial charge in [-0.2, -0.15) is 5.10 Å². The number of rotatable bonds is 5. The molecule has 0 saturated heterocycles. The molecule has 0 saturated carbocycles. The van der Waals surface area contributed by atoms with E-state index in [4.69, 9.17) is 23.2 Å². The van der Waals surface area contributed by atoms with Crippen molar-refractivity contribution >= 4 is 40.9 Å². The van der Waals surface area contributed by atoms with Crippen LogP contribution >= 0.6 is 23.2 Å². The highest BCUT2D eigenvalue weighted by Crippen LogP contribution is 2.32. The van der Waals surface area contributed by atoms with Crippen molar-refractivity contribution in [3.05, 3.63) is 80.6 Å². The van der Waals surface area contributed by atoms with Gasteiger partial charge in [0.05, 0.1) is 32.6 Å². The summed E-state index contributed by atoms with van der Waals surface area (Å²) in [5, 5.41) is 7.74. The molecule has 1 aromatic heterocycles. The average Bonchev–Trinajstić information content (AvgIpc) is 3.19. The van der Waals surface area contributed by atoms with Crippen molar-refractivity contribution in [3.8, 4) is 5.69 Å². The van der Waals surface area contributed by atoms with Crippen LogP contribution in [-0.4, -0.2) is 38.4 Å². The van der Waals surface area contributed by atoms with Crippen molar-refractivity contribution in [1.29, 1.82) is 0 Å². The van der Waals surface area contributed by atoms with Crippen LogP contribution in [0.5, 0.6) is 0 Å². The molecule has 1 atom stereocenters. The fourth-order valence-corrected chi connectivity index (χ4v) is 4.12. The molecular formula is C23H20Cl2N4O3. The van der Waals surface area contributed by atoms with E-state index in [2.05, 4.69) is 10.4 Å². The molecule has 7 nitrogen and oxygen atoms in total. The van der Waals surface area contributed by atoms with Crippen LogP contribution in [0.4, 0.5) is 0 Å². The highest BCUT2D eigenvalue weighted by Gasteiger charge is 2.41. The summed E-state index contributed by atoms with van der Waals surface area (Å²) in [5.41, 5.74) is 3.74. The molecule has 1 N–H and O–H groups in total. The van der Waals surface area contributed by atoms with E-state index in [1.807, 2.05) is 48.9 Å². The van der Waals surface area contributed by atoms with E-state index in [1.165, 1.54) is 19.1 Å². The molecule has 0 fully saturated rings. The van der Waals surface area contributed by atoms with Gasteiger partial charge in [0.1, 0.15) is 6.04 Å². The Hall–Kier alpha value is -3.16.